The highest BCUT2D eigenvalue weighted by Gasteiger charge is 2.31. The summed E-state index contributed by atoms with van der Waals surface area (Å²) >= 11 is 0. The molecule has 1 N–H and O–H groups in total. The van der Waals surface area contributed by atoms with Crippen LogP contribution in [0.2, 0.25) is 0 Å². The van der Waals surface area contributed by atoms with Gasteiger partial charge in [0.2, 0.25) is 11.8 Å². The number of furan rings is 1. The first kappa shape index (κ1) is 21.9. The van der Waals surface area contributed by atoms with Gasteiger partial charge >= 0.3 is 11.9 Å². The summed E-state index contributed by atoms with van der Waals surface area (Å²) in [5.41, 5.74) is 0.206. The molecular formula is C21H23NO7. The van der Waals surface area contributed by atoms with Crippen LogP contribution >= 0.6 is 0 Å². The average molecular weight is 401 g/mol. The lowest BCUT2D eigenvalue weighted by atomic mass is 10.1. The third-order valence-corrected chi connectivity index (χ3v) is 3.97. The van der Waals surface area contributed by atoms with Crippen molar-refractivity contribution in [1.29, 1.82) is 0 Å². The molecule has 0 unspecified atom stereocenters. The molecule has 154 valence electrons. The van der Waals surface area contributed by atoms with Crippen LogP contribution in [0.15, 0.2) is 34.7 Å². The van der Waals surface area contributed by atoms with Crippen molar-refractivity contribution >= 4 is 29.5 Å². The van der Waals surface area contributed by atoms with Gasteiger partial charge in [-0.2, -0.15) is 0 Å². The summed E-state index contributed by atoms with van der Waals surface area (Å²) in [5.74, 6) is -2.39. The monoisotopic (exact) mass is 401 g/mol. The van der Waals surface area contributed by atoms with Crippen LogP contribution < -0.4 is 5.32 Å². The second-order valence-corrected chi connectivity index (χ2v) is 6.02. The molecule has 2 aromatic rings. The van der Waals surface area contributed by atoms with Gasteiger partial charge in [0.25, 0.3) is 0 Å². The van der Waals surface area contributed by atoms with Gasteiger partial charge in [-0.05, 0) is 20.8 Å². The molecule has 8 nitrogen and oxygen atoms in total. The van der Waals surface area contributed by atoms with E-state index in [9.17, 15) is 19.2 Å². The van der Waals surface area contributed by atoms with E-state index in [1.165, 1.54) is 6.92 Å². The van der Waals surface area contributed by atoms with Gasteiger partial charge in [-0.15, -0.1) is 0 Å². The summed E-state index contributed by atoms with van der Waals surface area (Å²) in [6.07, 6.45) is -0.139. The first-order valence-electron chi connectivity index (χ1n) is 9.24. The van der Waals surface area contributed by atoms with Crippen LogP contribution in [0.5, 0.6) is 0 Å². The molecule has 0 aliphatic rings. The number of ketones is 1. The highest BCUT2D eigenvalue weighted by Crippen LogP contribution is 2.29. The number of hydrogen-bond acceptors (Lipinski definition) is 7. The minimum absolute atomic E-state index is 0.0188. The van der Waals surface area contributed by atoms with Gasteiger partial charge in [0, 0.05) is 18.4 Å². The van der Waals surface area contributed by atoms with Gasteiger partial charge < -0.3 is 13.9 Å². The Balaban J connectivity index is 2.17. The summed E-state index contributed by atoms with van der Waals surface area (Å²) in [5, 5.41) is 2.45. The van der Waals surface area contributed by atoms with Crippen LogP contribution in [0.1, 0.15) is 63.5 Å². The molecule has 8 heteroatoms. The van der Waals surface area contributed by atoms with Gasteiger partial charge in [0.05, 0.1) is 13.2 Å². The molecule has 0 aliphatic carbocycles. The zero-order valence-electron chi connectivity index (χ0n) is 16.6. The fraction of sp³-hybridized carbons (Fsp3) is 0.333. The third kappa shape index (κ3) is 5.54. The zero-order valence-corrected chi connectivity index (χ0v) is 16.6. The van der Waals surface area contributed by atoms with Crippen molar-refractivity contribution < 1.29 is 33.1 Å². The highest BCUT2D eigenvalue weighted by molar-refractivity contribution is 6.09. The van der Waals surface area contributed by atoms with E-state index in [1.807, 2.05) is 0 Å². The fourth-order valence-corrected chi connectivity index (χ4v) is 2.66. The Labute approximate surface area is 168 Å². The predicted molar refractivity (Wildman–Crippen MR) is 104 cm³/mol. The number of benzene rings is 1. The molecule has 1 amide bonds. The Hall–Kier alpha value is -3.42. The normalized spacial score (nSPS) is 10.3. The van der Waals surface area contributed by atoms with Crippen molar-refractivity contribution in [2.24, 2.45) is 0 Å². The van der Waals surface area contributed by atoms with E-state index in [4.69, 9.17) is 13.9 Å². The molecule has 0 fully saturated rings. The van der Waals surface area contributed by atoms with Crippen molar-refractivity contribution in [3.63, 3.8) is 0 Å². The minimum atomic E-state index is -0.817. The topological polar surface area (TPSA) is 112 Å². The first-order valence-corrected chi connectivity index (χ1v) is 9.24. The van der Waals surface area contributed by atoms with E-state index in [0.29, 0.717) is 5.56 Å². The number of carbonyl (C=O) groups is 4. The number of nitrogens with one attached hydrogen (secondary N) is 1. The Morgan fingerprint density at radius 3 is 2.07 bits per heavy atom. The summed E-state index contributed by atoms with van der Waals surface area (Å²) in [4.78, 5) is 49.0. The number of hydrogen-bond donors (Lipinski definition) is 1. The maximum Gasteiger partial charge on any atom is 0.344 e. The molecule has 2 rings (SSSR count). The zero-order chi connectivity index (χ0) is 21.4. The van der Waals surface area contributed by atoms with Gasteiger partial charge in [-0.1, -0.05) is 30.3 Å². The SMILES string of the molecule is CCOC(=O)c1c(C)oc(NC(=O)CCC(=O)c2ccccc2)c1C(=O)OCC. The van der Waals surface area contributed by atoms with Crippen molar-refractivity contribution in [1.82, 2.24) is 0 Å². The molecule has 0 saturated heterocycles. The van der Waals surface area contributed by atoms with E-state index in [-0.39, 0.29) is 54.6 Å². The van der Waals surface area contributed by atoms with Crippen LogP contribution in [0.25, 0.3) is 0 Å². The largest absolute Gasteiger partial charge is 0.462 e. The summed E-state index contributed by atoms with van der Waals surface area (Å²) in [6, 6.07) is 8.60. The predicted octanol–water partition coefficient (Wildman–Crippen LogP) is 3.54. The summed E-state index contributed by atoms with van der Waals surface area (Å²) in [6.45, 7) is 4.90. The summed E-state index contributed by atoms with van der Waals surface area (Å²) < 4.78 is 15.4. The smallest absolute Gasteiger partial charge is 0.344 e. The Morgan fingerprint density at radius 1 is 0.897 bits per heavy atom. The molecule has 1 aromatic heterocycles. The number of amides is 1. The Kier molecular flexibility index (Phi) is 7.70. The second kappa shape index (κ2) is 10.2. The van der Waals surface area contributed by atoms with E-state index in [2.05, 4.69) is 5.32 Å². The van der Waals surface area contributed by atoms with E-state index in [0.717, 1.165) is 0 Å². The number of aryl methyl sites for hydroxylation is 1. The van der Waals surface area contributed by atoms with Crippen LogP contribution in [-0.4, -0.2) is 36.8 Å². The van der Waals surface area contributed by atoms with Crippen molar-refractivity contribution in [3.05, 3.63) is 52.8 Å². The average Bonchev–Trinajstić information content (AvgIpc) is 3.03. The van der Waals surface area contributed by atoms with Crippen LogP contribution in [0.4, 0.5) is 5.88 Å². The lowest BCUT2D eigenvalue weighted by molar-refractivity contribution is -0.116. The molecular weight excluding hydrogens is 378 g/mol. The Bertz CT molecular complexity index is 899. The highest BCUT2D eigenvalue weighted by atomic mass is 16.5. The van der Waals surface area contributed by atoms with Gasteiger partial charge in [0.15, 0.2) is 5.78 Å². The molecule has 1 aromatic carbocycles. The van der Waals surface area contributed by atoms with E-state index < -0.39 is 17.8 Å². The quantitative estimate of drug-likeness (QED) is 0.505. The number of Topliss-reactive ketones (excluding diaryl/α,β-unsaturated/α-hetero) is 1. The number of esters is 2. The summed E-state index contributed by atoms with van der Waals surface area (Å²) in [7, 11) is 0. The molecule has 0 bridgehead atoms. The minimum Gasteiger partial charge on any atom is -0.462 e. The maximum absolute atomic E-state index is 12.3. The second-order valence-electron chi connectivity index (χ2n) is 6.02. The number of ether oxygens (including phenoxy) is 2. The number of rotatable bonds is 9. The number of carbonyl (C=O) groups excluding carboxylic acids is 4. The molecule has 0 aliphatic heterocycles. The van der Waals surface area contributed by atoms with Crippen molar-refractivity contribution in [3.8, 4) is 0 Å². The standard InChI is InChI=1S/C21H23NO7/c1-4-27-20(25)17-13(3)29-19(18(17)21(26)28-5-2)22-16(24)12-11-15(23)14-9-7-6-8-10-14/h6-10H,4-5,11-12H2,1-3H3,(H,22,24). The van der Waals surface area contributed by atoms with Gasteiger partial charge in [-0.25, -0.2) is 9.59 Å². The van der Waals surface area contributed by atoms with E-state index >= 15 is 0 Å². The van der Waals surface area contributed by atoms with Gasteiger partial charge in [-0.3, -0.25) is 14.9 Å². The van der Waals surface area contributed by atoms with Crippen molar-refractivity contribution in [2.75, 3.05) is 18.5 Å². The van der Waals surface area contributed by atoms with Gasteiger partial charge in [0.1, 0.15) is 16.9 Å². The van der Waals surface area contributed by atoms with Crippen LogP contribution in [0.3, 0.4) is 0 Å². The van der Waals surface area contributed by atoms with Crippen LogP contribution in [-0.2, 0) is 14.3 Å². The lowest BCUT2D eigenvalue weighted by Crippen LogP contribution is -2.18. The molecule has 0 saturated carbocycles. The Morgan fingerprint density at radius 2 is 1.48 bits per heavy atom. The van der Waals surface area contributed by atoms with Crippen LogP contribution in [0, 0.1) is 6.92 Å². The molecule has 0 radical (unpaired) electrons. The molecule has 0 atom stereocenters. The lowest BCUT2D eigenvalue weighted by Gasteiger charge is -2.07. The molecule has 29 heavy (non-hydrogen) atoms. The molecule has 1 heterocycles. The maximum atomic E-state index is 12.3. The van der Waals surface area contributed by atoms with Crippen molar-refractivity contribution in [2.45, 2.75) is 33.6 Å². The third-order valence-electron chi connectivity index (χ3n) is 3.97. The van der Waals surface area contributed by atoms with E-state index in [1.54, 1.807) is 44.2 Å². The molecule has 0 spiro atoms. The first-order chi connectivity index (χ1) is 13.9. The number of anilines is 1. The fourth-order valence-electron chi connectivity index (χ4n) is 2.66.